The molecule has 19 aromatic rings. The maximum Gasteiger partial charge on any atom is 0.489 e. The second-order valence-electron chi connectivity index (χ2n) is 26.1. The van der Waals surface area contributed by atoms with Gasteiger partial charge in [0.1, 0.15) is 11.6 Å². The molecule has 0 aliphatic carbocycles. The molecule has 0 amide bonds. The van der Waals surface area contributed by atoms with Gasteiger partial charge in [-0.1, -0.05) is 349 Å². The van der Waals surface area contributed by atoms with Gasteiger partial charge in [-0.15, -0.1) is 0 Å². The van der Waals surface area contributed by atoms with Crippen LogP contribution < -0.4 is 15.7 Å². The highest BCUT2D eigenvalue weighted by Crippen LogP contribution is 2.47. The summed E-state index contributed by atoms with van der Waals surface area (Å²) in [6.45, 7) is 0. The van der Waals surface area contributed by atoms with Gasteiger partial charge in [0.15, 0.2) is 0 Å². The lowest BCUT2D eigenvalue weighted by molar-refractivity contribution is 0.426. The number of rotatable bonds is 11. The summed E-state index contributed by atoms with van der Waals surface area (Å²) in [7, 11) is -1.50. The van der Waals surface area contributed by atoms with Crippen molar-refractivity contribution < 1.29 is 10.0 Å². The lowest BCUT2D eigenvalue weighted by Crippen LogP contribution is -2.31. The predicted molar refractivity (Wildman–Crippen MR) is 489 cm³/mol. The second-order valence-corrected chi connectivity index (χ2v) is 29.2. The van der Waals surface area contributed by atoms with Gasteiger partial charge in [-0.3, -0.25) is 4.90 Å². The van der Waals surface area contributed by atoms with Crippen LogP contribution in [0.4, 0.5) is 28.7 Å². The maximum atomic E-state index is 9.94. The zero-order valence-corrected chi connectivity index (χ0v) is 65.1. The standard InChI is InChI=1S/C37H26N2.C26H17Br.C20H15BO2.C11H10N2.C6H4BrI.CH4/c1-3-13-27(14-4-1)36-31-17-7-9-19-33(31)37(34-20-10-8-18-32(34)36)28-22-24-30(25-23-28)39(29-15-5-2-6-16-29)35-21-11-12-26-38-35;27-20-16-14-19(15-17-20)26-23-12-6-4-10-21(23)25(18-8-2-1-3-9-18)22-11-5-7-13-24(22)26;22-21(23)20-17-12-6-4-10-15(17)19(14-8-2-1-3-9-14)16-11-5-7-13-18(16)20;1-2-6-10(7-3-1)13-11-8-4-5-9-12-11;7-5-1-3-6(8)4-2-5;/h1-26H;1-17H;1-13,22-23H;1-9H,(H,12,13);1-4H;1H4. The molecule has 0 radical (unpaired) electrons. The second kappa shape index (κ2) is 36.4. The van der Waals surface area contributed by atoms with Crippen LogP contribution in [0.3, 0.4) is 0 Å². The molecule has 0 saturated heterocycles. The number of nitrogens with zero attached hydrogens (tertiary/aromatic N) is 3. The highest BCUT2D eigenvalue weighted by atomic mass is 127. The van der Waals surface area contributed by atoms with E-state index in [0.717, 1.165) is 70.3 Å². The van der Waals surface area contributed by atoms with E-state index in [9.17, 15) is 10.0 Å². The van der Waals surface area contributed by atoms with Crippen molar-refractivity contribution in [2.24, 2.45) is 0 Å². The van der Waals surface area contributed by atoms with E-state index in [1.54, 1.807) is 6.20 Å². The number of benzene rings is 17. The third kappa shape index (κ3) is 17.3. The molecule has 19 rings (SSSR count). The van der Waals surface area contributed by atoms with Crippen LogP contribution in [0.25, 0.3) is 120 Å². The van der Waals surface area contributed by atoms with Gasteiger partial charge in [0.2, 0.25) is 0 Å². The molecule has 0 fully saturated rings. The van der Waals surface area contributed by atoms with Crippen molar-refractivity contribution in [3.05, 3.63) is 431 Å². The number of anilines is 5. The molecule has 111 heavy (non-hydrogen) atoms. The molecule has 0 atom stereocenters. The van der Waals surface area contributed by atoms with Crippen molar-refractivity contribution in [1.29, 1.82) is 0 Å². The van der Waals surface area contributed by atoms with E-state index in [1.165, 1.54) is 91.2 Å². The first-order valence-corrected chi connectivity index (χ1v) is 39.0. The zero-order valence-electron chi connectivity index (χ0n) is 59.8. The molecular weight excluding hydrogens is 1600 g/mol. The Labute approximate surface area is 679 Å². The lowest BCUT2D eigenvalue weighted by Gasteiger charge is -2.24. The monoisotopic (exact) mass is 1670 g/mol. The SMILES string of the molecule is Brc1ccc(-c2c3ccccc3c(-c3ccccc3)c3ccccc23)cc1.Brc1ccc(I)cc1.C.OB(O)c1c2ccccc2c(-c2ccccc2)c2ccccc12.c1ccc(-c2c3ccccc3c(-c3ccc(N(c4ccccc4)c4ccccn4)cc3)c3ccccc23)cc1.c1ccc(Nc2ccccn2)cc1. The van der Waals surface area contributed by atoms with Crippen molar-refractivity contribution in [3.63, 3.8) is 0 Å². The summed E-state index contributed by atoms with van der Waals surface area (Å²) in [6, 6.07) is 140. The number of aromatic nitrogens is 2. The number of hydrogen-bond acceptors (Lipinski definition) is 6. The summed E-state index contributed by atoms with van der Waals surface area (Å²) >= 11 is 9.18. The van der Waals surface area contributed by atoms with E-state index in [1.807, 2.05) is 158 Å². The summed E-state index contributed by atoms with van der Waals surface area (Å²) in [5.74, 6) is 1.76. The maximum absolute atomic E-state index is 9.94. The zero-order chi connectivity index (χ0) is 75.0. The molecule has 0 aliphatic heterocycles. The molecule has 0 saturated carbocycles. The number of hydrogen-bond donors (Lipinski definition) is 3. The average molecular weight is 1680 g/mol. The molecule has 3 N–H and O–H groups in total. The summed E-state index contributed by atoms with van der Waals surface area (Å²) in [5, 5.41) is 37.1. The van der Waals surface area contributed by atoms with Crippen molar-refractivity contribution >= 4 is 160 Å². The molecule has 0 spiro atoms. The van der Waals surface area contributed by atoms with Crippen LogP contribution >= 0.6 is 54.5 Å². The fourth-order valence-corrected chi connectivity index (χ4v) is 15.4. The molecule has 10 heteroatoms. The highest BCUT2D eigenvalue weighted by Gasteiger charge is 2.23. The van der Waals surface area contributed by atoms with Crippen LogP contribution in [0.1, 0.15) is 7.43 Å². The minimum absolute atomic E-state index is 0. The summed E-state index contributed by atoms with van der Waals surface area (Å²) in [6.07, 6.45) is 3.61. The van der Waals surface area contributed by atoms with Crippen LogP contribution in [0, 0.1) is 3.57 Å². The van der Waals surface area contributed by atoms with E-state index >= 15 is 0 Å². The molecule has 17 aromatic carbocycles. The van der Waals surface area contributed by atoms with E-state index in [-0.39, 0.29) is 7.43 Å². The lowest BCUT2D eigenvalue weighted by atomic mass is 9.72. The summed E-state index contributed by atoms with van der Waals surface area (Å²) in [4.78, 5) is 11.0. The van der Waals surface area contributed by atoms with Crippen LogP contribution in [-0.4, -0.2) is 27.1 Å². The number of halogens is 3. The Hall–Kier alpha value is -12.1. The quantitative estimate of drug-likeness (QED) is 0.0680. The van der Waals surface area contributed by atoms with E-state index in [4.69, 9.17) is 0 Å². The van der Waals surface area contributed by atoms with Crippen molar-refractivity contribution in [2.45, 2.75) is 7.43 Å². The normalized spacial score (nSPS) is 10.7. The van der Waals surface area contributed by atoms with Gasteiger partial charge in [-0.2, -0.15) is 0 Å². The van der Waals surface area contributed by atoms with Crippen LogP contribution in [0.15, 0.2) is 428 Å². The van der Waals surface area contributed by atoms with Gasteiger partial charge in [-0.25, -0.2) is 9.97 Å². The Morgan fingerprint density at radius 2 is 0.541 bits per heavy atom. The fourth-order valence-electron chi connectivity index (χ4n) is 14.5. The number of fused-ring (bicyclic) bond motifs is 6. The molecule has 2 aromatic heterocycles. The number of para-hydroxylation sites is 2. The fraction of sp³-hybridized carbons (Fsp3) is 0.00990. The summed E-state index contributed by atoms with van der Waals surface area (Å²) in [5.41, 5.74) is 16.1. The van der Waals surface area contributed by atoms with Crippen LogP contribution in [-0.2, 0) is 0 Å². The predicted octanol–water partition coefficient (Wildman–Crippen LogP) is 28.1. The molecular formula is C101H76BBr2IN4O2. The van der Waals surface area contributed by atoms with Gasteiger partial charge in [-0.05, 0) is 245 Å². The van der Waals surface area contributed by atoms with Gasteiger partial charge >= 0.3 is 7.12 Å². The van der Waals surface area contributed by atoms with Crippen molar-refractivity contribution in [2.75, 3.05) is 10.2 Å². The van der Waals surface area contributed by atoms with Crippen LogP contribution in [0.5, 0.6) is 0 Å². The molecule has 536 valence electrons. The smallest absolute Gasteiger partial charge is 0.423 e. The van der Waals surface area contributed by atoms with Gasteiger partial charge in [0, 0.05) is 42.0 Å². The minimum Gasteiger partial charge on any atom is -0.423 e. The molecule has 0 unspecified atom stereocenters. The Kier molecular flexibility index (Phi) is 24.8. The van der Waals surface area contributed by atoms with E-state index in [2.05, 4.69) is 329 Å². The number of nitrogens with one attached hydrogen (secondary N) is 1. The summed E-state index contributed by atoms with van der Waals surface area (Å²) < 4.78 is 3.50. The van der Waals surface area contributed by atoms with Crippen LogP contribution in [0.2, 0.25) is 0 Å². The van der Waals surface area contributed by atoms with E-state index < -0.39 is 7.12 Å². The molecule has 0 aliphatic rings. The Morgan fingerprint density at radius 1 is 0.270 bits per heavy atom. The topological polar surface area (TPSA) is 81.5 Å². The van der Waals surface area contributed by atoms with Gasteiger partial charge < -0.3 is 15.4 Å². The largest absolute Gasteiger partial charge is 0.489 e. The third-order valence-corrected chi connectivity index (χ3v) is 21.0. The average Bonchev–Trinajstić information content (AvgIpc) is 0.749. The molecule has 6 nitrogen and oxygen atoms in total. The minimum atomic E-state index is -1.50. The van der Waals surface area contributed by atoms with Crippen molar-refractivity contribution in [3.8, 4) is 55.6 Å². The van der Waals surface area contributed by atoms with Gasteiger partial charge in [0.25, 0.3) is 0 Å². The number of pyridine rings is 2. The first-order chi connectivity index (χ1) is 54.2. The molecule has 2 heterocycles. The highest BCUT2D eigenvalue weighted by molar-refractivity contribution is 14.1. The van der Waals surface area contributed by atoms with E-state index in [0.29, 0.717) is 5.46 Å². The Bertz CT molecular complexity index is 6010. The first kappa shape index (κ1) is 75.7. The Morgan fingerprint density at radius 3 is 0.865 bits per heavy atom. The third-order valence-electron chi connectivity index (χ3n) is 19.2. The van der Waals surface area contributed by atoms with Crippen molar-refractivity contribution in [1.82, 2.24) is 9.97 Å². The molecule has 0 bridgehead atoms. The van der Waals surface area contributed by atoms with Gasteiger partial charge in [0.05, 0.1) is 0 Å². The Balaban J connectivity index is 0.000000125. The first-order valence-electron chi connectivity index (χ1n) is 36.3.